The lowest BCUT2D eigenvalue weighted by molar-refractivity contribution is -0.138. The van der Waals surface area contributed by atoms with Gasteiger partial charge in [0.05, 0.1) is 5.56 Å². The molecule has 0 heterocycles. The van der Waals surface area contributed by atoms with Crippen molar-refractivity contribution < 1.29 is 13.2 Å². The van der Waals surface area contributed by atoms with E-state index in [1.54, 1.807) is 19.9 Å². The second-order valence-electron chi connectivity index (χ2n) is 3.67. The first-order valence-corrected chi connectivity index (χ1v) is 4.74. The SMILES string of the molecule is Cc1cccc(C(F)(F)F)c1C(C)CN. The smallest absolute Gasteiger partial charge is 0.330 e. The van der Waals surface area contributed by atoms with Gasteiger partial charge in [0.2, 0.25) is 0 Å². The Bertz CT molecular complexity index is 344. The highest BCUT2D eigenvalue weighted by molar-refractivity contribution is 5.39. The summed E-state index contributed by atoms with van der Waals surface area (Å²) in [5.41, 5.74) is 5.80. The minimum Gasteiger partial charge on any atom is -0.330 e. The third-order valence-corrected chi connectivity index (χ3v) is 2.48. The third-order valence-electron chi connectivity index (χ3n) is 2.48. The summed E-state index contributed by atoms with van der Waals surface area (Å²) in [4.78, 5) is 0. The molecule has 0 saturated carbocycles. The fourth-order valence-electron chi connectivity index (χ4n) is 1.70. The molecule has 1 aromatic rings. The van der Waals surface area contributed by atoms with Crippen LogP contribution in [0.2, 0.25) is 0 Å². The number of rotatable bonds is 2. The highest BCUT2D eigenvalue weighted by atomic mass is 19.4. The van der Waals surface area contributed by atoms with Crippen LogP contribution in [0.15, 0.2) is 18.2 Å². The van der Waals surface area contributed by atoms with E-state index in [9.17, 15) is 13.2 Å². The van der Waals surface area contributed by atoms with Gasteiger partial charge in [-0.3, -0.25) is 0 Å². The summed E-state index contributed by atoms with van der Waals surface area (Å²) in [6.45, 7) is 3.60. The van der Waals surface area contributed by atoms with Gasteiger partial charge in [0.1, 0.15) is 0 Å². The van der Waals surface area contributed by atoms with Crippen LogP contribution in [-0.4, -0.2) is 6.54 Å². The molecule has 0 spiro atoms. The molecule has 0 radical (unpaired) electrons. The Labute approximate surface area is 87.1 Å². The van der Waals surface area contributed by atoms with E-state index in [1.165, 1.54) is 6.07 Å². The number of halogens is 3. The molecule has 1 unspecified atom stereocenters. The van der Waals surface area contributed by atoms with Gasteiger partial charge in [0.15, 0.2) is 0 Å². The highest BCUT2D eigenvalue weighted by Crippen LogP contribution is 2.36. The van der Waals surface area contributed by atoms with E-state index >= 15 is 0 Å². The van der Waals surface area contributed by atoms with Gasteiger partial charge in [-0.1, -0.05) is 19.1 Å². The molecule has 0 bridgehead atoms. The predicted octanol–water partition coefficient (Wildman–Crippen LogP) is 3.08. The zero-order valence-electron chi connectivity index (χ0n) is 8.73. The lowest BCUT2D eigenvalue weighted by Crippen LogP contribution is -2.17. The second-order valence-corrected chi connectivity index (χ2v) is 3.67. The lowest BCUT2D eigenvalue weighted by atomic mass is 9.91. The van der Waals surface area contributed by atoms with Gasteiger partial charge >= 0.3 is 6.18 Å². The fourth-order valence-corrected chi connectivity index (χ4v) is 1.70. The Balaban J connectivity index is 3.33. The first-order valence-electron chi connectivity index (χ1n) is 4.74. The molecular weight excluding hydrogens is 203 g/mol. The molecule has 4 heteroatoms. The second kappa shape index (κ2) is 4.23. The molecule has 0 aliphatic carbocycles. The summed E-state index contributed by atoms with van der Waals surface area (Å²) < 4.78 is 38.1. The zero-order valence-corrected chi connectivity index (χ0v) is 8.73. The van der Waals surface area contributed by atoms with Crippen LogP contribution in [0.25, 0.3) is 0 Å². The van der Waals surface area contributed by atoms with E-state index in [1.807, 2.05) is 0 Å². The number of alkyl halides is 3. The van der Waals surface area contributed by atoms with Crippen molar-refractivity contribution in [3.63, 3.8) is 0 Å². The van der Waals surface area contributed by atoms with Crippen molar-refractivity contribution in [1.29, 1.82) is 0 Å². The minimum absolute atomic E-state index is 0.216. The number of aryl methyl sites for hydroxylation is 1. The first kappa shape index (κ1) is 12.0. The van der Waals surface area contributed by atoms with Crippen LogP contribution < -0.4 is 5.73 Å². The molecule has 0 aliphatic heterocycles. The van der Waals surface area contributed by atoms with E-state index < -0.39 is 11.7 Å². The van der Waals surface area contributed by atoms with Gasteiger partial charge in [0, 0.05) is 0 Å². The number of benzene rings is 1. The maximum absolute atomic E-state index is 12.7. The van der Waals surface area contributed by atoms with Crippen molar-refractivity contribution in [2.45, 2.75) is 25.9 Å². The van der Waals surface area contributed by atoms with Gasteiger partial charge in [0.25, 0.3) is 0 Å². The summed E-state index contributed by atoms with van der Waals surface area (Å²) in [6.07, 6.45) is -4.30. The summed E-state index contributed by atoms with van der Waals surface area (Å²) in [7, 11) is 0. The van der Waals surface area contributed by atoms with Crippen LogP contribution in [0.5, 0.6) is 0 Å². The molecular formula is C11H14F3N. The molecule has 15 heavy (non-hydrogen) atoms. The van der Waals surface area contributed by atoms with E-state index in [2.05, 4.69) is 0 Å². The molecule has 0 amide bonds. The average Bonchev–Trinajstić information content (AvgIpc) is 2.15. The van der Waals surface area contributed by atoms with Crippen molar-refractivity contribution in [2.75, 3.05) is 6.54 Å². The highest BCUT2D eigenvalue weighted by Gasteiger charge is 2.34. The fraction of sp³-hybridized carbons (Fsp3) is 0.455. The molecule has 1 rings (SSSR count). The number of nitrogens with two attached hydrogens (primary N) is 1. The molecule has 0 aromatic heterocycles. The third kappa shape index (κ3) is 2.50. The van der Waals surface area contributed by atoms with E-state index in [0.717, 1.165) is 6.07 Å². The van der Waals surface area contributed by atoms with Gasteiger partial charge in [-0.25, -0.2) is 0 Å². The van der Waals surface area contributed by atoms with Gasteiger partial charge < -0.3 is 5.73 Å². The van der Waals surface area contributed by atoms with E-state index in [4.69, 9.17) is 5.73 Å². The van der Waals surface area contributed by atoms with E-state index in [0.29, 0.717) is 11.1 Å². The van der Waals surface area contributed by atoms with E-state index in [-0.39, 0.29) is 12.5 Å². The van der Waals surface area contributed by atoms with Crippen LogP contribution in [0.1, 0.15) is 29.5 Å². The standard InChI is InChI=1S/C11H14F3N/c1-7-4-3-5-9(11(12,13)14)10(7)8(2)6-15/h3-5,8H,6,15H2,1-2H3. The Hall–Kier alpha value is -1.03. The Morgan fingerprint density at radius 1 is 1.33 bits per heavy atom. The van der Waals surface area contributed by atoms with Crippen LogP contribution in [0, 0.1) is 6.92 Å². The van der Waals surface area contributed by atoms with Crippen molar-refractivity contribution in [2.24, 2.45) is 5.73 Å². The summed E-state index contributed by atoms with van der Waals surface area (Å²) in [5, 5.41) is 0. The van der Waals surface area contributed by atoms with Crippen LogP contribution >= 0.6 is 0 Å². The van der Waals surface area contributed by atoms with Gasteiger partial charge in [-0.15, -0.1) is 0 Å². The van der Waals surface area contributed by atoms with Crippen molar-refractivity contribution in [3.05, 3.63) is 34.9 Å². The zero-order chi connectivity index (χ0) is 11.6. The largest absolute Gasteiger partial charge is 0.416 e. The first-order chi connectivity index (χ1) is 6.88. The van der Waals surface area contributed by atoms with Gasteiger partial charge in [-0.2, -0.15) is 13.2 Å². The molecule has 1 nitrogen and oxygen atoms in total. The quantitative estimate of drug-likeness (QED) is 0.809. The van der Waals surface area contributed by atoms with Crippen molar-refractivity contribution in [1.82, 2.24) is 0 Å². The van der Waals surface area contributed by atoms with Crippen LogP contribution in [0.4, 0.5) is 13.2 Å². The summed E-state index contributed by atoms with van der Waals surface area (Å²) in [5.74, 6) is -0.275. The Morgan fingerprint density at radius 2 is 1.93 bits per heavy atom. The molecule has 0 saturated heterocycles. The minimum atomic E-state index is -4.30. The maximum Gasteiger partial charge on any atom is 0.416 e. The summed E-state index contributed by atoms with van der Waals surface area (Å²) >= 11 is 0. The lowest BCUT2D eigenvalue weighted by Gasteiger charge is -2.19. The van der Waals surface area contributed by atoms with Crippen LogP contribution in [0.3, 0.4) is 0 Å². The average molecular weight is 217 g/mol. The molecule has 1 aromatic carbocycles. The predicted molar refractivity (Wildman–Crippen MR) is 53.7 cm³/mol. The summed E-state index contributed by atoms with van der Waals surface area (Å²) in [6, 6.07) is 4.20. The van der Waals surface area contributed by atoms with Crippen molar-refractivity contribution in [3.8, 4) is 0 Å². The maximum atomic E-state index is 12.7. The topological polar surface area (TPSA) is 26.0 Å². The molecule has 1 atom stereocenters. The number of hydrogen-bond donors (Lipinski definition) is 1. The Morgan fingerprint density at radius 3 is 2.40 bits per heavy atom. The van der Waals surface area contributed by atoms with Gasteiger partial charge in [-0.05, 0) is 36.6 Å². The molecule has 0 fully saturated rings. The van der Waals surface area contributed by atoms with Crippen LogP contribution in [-0.2, 0) is 6.18 Å². The molecule has 84 valence electrons. The number of hydrogen-bond acceptors (Lipinski definition) is 1. The normalized spacial score (nSPS) is 14.0. The monoisotopic (exact) mass is 217 g/mol. The molecule has 2 N–H and O–H groups in total. The Kier molecular flexibility index (Phi) is 3.39. The van der Waals surface area contributed by atoms with Crippen molar-refractivity contribution >= 4 is 0 Å². The molecule has 0 aliphatic rings.